The second kappa shape index (κ2) is 6.51. The summed E-state index contributed by atoms with van der Waals surface area (Å²) in [5.74, 6) is -0.949. The zero-order valence-corrected chi connectivity index (χ0v) is 14.2. The van der Waals surface area contributed by atoms with Crippen LogP contribution in [0.1, 0.15) is 49.8 Å². The fraction of sp³-hybridized carbons (Fsp3) is 0.556. The first kappa shape index (κ1) is 16.5. The first-order valence-electron chi connectivity index (χ1n) is 8.02. The van der Waals surface area contributed by atoms with Gasteiger partial charge in [-0.3, -0.25) is 9.59 Å². The molecule has 2 unspecified atom stereocenters. The molecule has 0 spiro atoms. The summed E-state index contributed by atoms with van der Waals surface area (Å²) in [6, 6.07) is 4.28. The van der Waals surface area contributed by atoms with Crippen molar-refractivity contribution < 1.29 is 9.59 Å². The summed E-state index contributed by atoms with van der Waals surface area (Å²) >= 11 is 0. The van der Waals surface area contributed by atoms with Gasteiger partial charge in [0, 0.05) is 17.8 Å². The maximum absolute atomic E-state index is 12.5. The van der Waals surface area contributed by atoms with Crippen LogP contribution in [0, 0.1) is 20.8 Å². The summed E-state index contributed by atoms with van der Waals surface area (Å²) in [5, 5.41) is 2.81. The highest BCUT2D eigenvalue weighted by molar-refractivity contribution is 6.39. The molecule has 4 nitrogen and oxygen atoms in total. The van der Waals surface area contributed by atoms with E-state index in [1.807, 2.05) is 46.8 Å². The van der Waals surface area contributed by atoms with Crippen LogP contribution in [0.15, 0.2) is 12.1 Å². The number of rotatable bonds is 1. The Kier molecular flexibility index (Phi) is 4.89. The van der Waals surface area contributed by atoms with Crippen molar-refractivity contribution in [3.63, 3.8) is 0 Å². The van der Waals surface area contributed by atoms with Gasteiger partial charge in [-0.15, -0.1) is 0 Å². The number of amides is 2. The highest BCUT2D eigenvalue weighted by atomic mass is 16.2. The van der Waals surface area contributed by atoms with Gasteiger partial charge in [-0.25, -0.2) is 0 Å². The number of carbonyl (C=O) groups excluding carboxylic acids is 2. The summed E-state index contributed by atoms with van der Waals surface area (Å²) in [4.78, 5) is 26.7. The van der Waals surface area contributed by atoms with E-state index in [0.29, 0.717) is 0 Å². The Balaban J connectivity index is 2.17. The summed E-state index contributed by atoms with van der Waals surface area (Å²) in [6.07, 6.45) is 3.04. The molecule has 2 rings (SSSR count). The lowest BCUT2D eigenvalue weighted by Crippen LogP contribution is -2.51. The van der Waals surface area contributed by atoms with Gasteiger partial charge < -0.3 is 10.2 Å². The van der Waals surface area contributed by atoms with E-state index in [1.54, 1.807) is 4.90 Å². The average Bonchev–Trinajstić information content (AvgIpc) is 2.42. The van der Waals surface area contributed by atoms with E-state index in [-0.39, 0.29) is 12.1 Å². The van der Waals surface area contributed by atoms with Crippen LogP contribution in [0.4, 0.5) is 5.69 Å². The largest absolute Gasteiger partial charge is 0.329 e. The fourth-order valence-electron chi connectivity index (χ4n) is 3.48. The molecule has 1 N–H and O–H groups in total. The number of carbonyl (C=O) groups is 2. The maximum atomic E-state index is 12.5. The maximum Gasteiger partial charge on any atom is 0.313 e. The monoisotopic (exact) mass is 302 g/mol. The Morgan fingerprint density at radius 3 is 2.05 bits per heavy atom. The van der Waals surface area contributed by atoms with Crippen molar-refractivity contribution >= 4 is 17.5 Å². The van der Waals surface area contributed by atoms with E-state index in [4.69, 9.17) is 0 Å². The van der Waals surface area contributed by atoms with Gasteiger partial charge in [-0.2, -0.15) is 0 Å². The molecule has 4 heteroatoms. The molecule has 22 heavy (non-hydrogen) atoms. The number of aryl methyl sites for hydroxylation is 3. The minimum atomic E-state index is -0.532. The molecule has 0 bridgehead atoms. The van der Waals surface area contributed by atoms with Gasteiger partial charge in [0.05, 0.1) is 0 Å². The smallest absolute Gasteiger partial charge is 0.313 e. The molecule has 1 aliphatic rings. The van der Waals surface area contributed by atoms with Crippen molar-refractivity contribution in [1.29, 1.82) is 0 Å². The molecule has 1 heterocycles. The van der Waals surface area contributed by atoms with Gasteiger partial charge in [-0.05, 0) is 65.0 Å². The predicted molar refractivity (Wildman–Crippen MR) is 88.9 cm³/mol. The van der Waals surface area contributed by atoms with Crippen molar-refractivity contribution in [2.24, 2.45) is 0 Å². The average molecular weight is 302 g/mol. The second-order valence-electron chi connectivity index (χ2n) is 6.57. The molecule has 2 atom stereocenters. The zero-order chi connectivity index (χ0) is 16.4. The van der Waals surface area contributed by atoms with Crippen LogP contribution in [0.5, 0.6) is 0 Å². The van der Waals surface area contributed by atoms with Crippen molar-refractivity contribution in [3.8, 4) is 0 Å². The lowest BCUT2D eigenvalue weighted by Gasteiger charge is -2.38. The Hall–Kier alpha value is -1.84. The van der Waals surface area contributed by atoms with E-state index in [9.17, 15) is 9.59 Å². The molecule has 1 saturated heterocycles. The minimum Gasteiger partial charge on any atom is -0.329 e. The van der Waals surface area contributed by atoms with Crippen LogP contribution in [-0.4, -0.2) is 28.8 Å². The number of nitrogens with zero attached hydrogens (tertiary/aromatic N) is 1. The van der Waals surface area contributed by atoms with Crippen molar-refractivity contribution in [3.05, 3.63) is 28.8 Å². The molecule has 0 saturated carbocycles. The Bertz CT molecular complexity index is 562. The van der Waals surface area contributed by atoms with Crippen LogP contribution in [0.3, 0.4) is 0 Å². The van der Waals surface area contributed by atoms with E-state index in [2.05, 4.69) is 5.32 Å². The molecule has 0 radical (unpaired) electrons. The summed E-state index contributed by atoms with van der Waals surface area (Å²) in [5.41, 5.74) is 3.87. The minimum absolute atomic E-state index is 0.127. The van der Waals surface area contributed by atoms with E-state index in [1.165, 1.54) is 0 Å². The van der Waals surface area contributed by atoms with Gasteiger partial charge in [0.15, 0.2) is 0 Å². The third-order valence-electron chi connectivity index (χ3n) is 4.54. The molecule has 1 aromatic rings. The lowest BCUT2D eigenvalue weighted by atomic mass is 9.97. The van der Waals surface area contributed by atoms with E-state index in [0.717, 1.165) is 41.6 Å². The molecular formula is C18H26N2O2. The van der Waals surface area contributed by atoms with Crippen molar-refractivity contribution in [2.75, 3.05) is 5.32 Å². The summed E-state index contributed by atoms with van der Waals surface area (Å²) < 4.78 is 0. The Morgan fingerprint density at radius 2 is 1.55 bits per heavy atom. The van der Waals surface area contributed by atoms with Crippen LogP contribution in [0.25, 0.3) is 0 Å². The van der Waals surface area contributed by atoms with Crippen LogP contribution in [0.2, 0.25) is 0 Å². The number of anilines is 1. The van der Waals surface area contributed by atoms with Crippen LogP contribution >= 0.6 is 0 Å². The molecule has 1 aromatic carbocycles. The quantitative estimate of drug-likeness (QED) is 0.809. The number of likely N-dealkylation sites (tertiary alicyclic amines) is 1. The molecule has 0 aliphatic carbocycles. The molecular weight excluding hydrogens is 276 g/mol. The highest BCUT2D eigenvalue weighted by Crippen LogP contribution is 2.25. The number of nitrogens with one attached hydrogen (secondary N) is 1. The van der Waals surface area contributed by atoms with Crippen LogP contribution in [-0.2, 0) is 9.59 Å². The molecule has 1 aliphatic heterocycles. The fourth-order valence-corrected chi connectivity index (χ4v) is 3.48. The van der Waals surface area contributed by atoms with Gasteiger partial charge in [-0.1, -0.05) is 17.7 Å². The number of hydrogen-bond acceptors (Lipinski definition) is 2. The lowest BCUT2D eigenvalue weighted by molar-refractivity contribution is -0.147. The van der Waals surface area contributed by atoms with E-state index < -0.39 is 11.8 Å². The molecule has 1 fully saturated rings. The highest BCUT2D eigenvalue weighted by Gasteiger charge is 2.33. The van der Waals surface area contributed by atoms with Gasteiger partial charge >= 0.3 is 11.8 Å². The van der Waals surface area contributed by atoms with Crippen LogP contribution < -0.4 is 5.32 Å². The zero-order valence-electron chi connectivity index (χ0n) is 14.2. The SMILES string of the molecule is Cc1cc(C)c(NC(=O)C(=O)N2C(C)CCCC2C)c(C)c1. The first-order chi connectivity index (χ1) is 10.3. The van der Waals surface area contributed by atoms with Crippen molar-refractivity contribution in [1.82, 2.24) is 4.90 Å². The number of hydrogen-bond donors (Lipinski definition) is 1. The van der Waals surface area contributed by atoms with Gasteiger partial charge in [0.25, 0.3) is 0 Å². The first-order valence-corrected chi connectivity index (χ1v) is 8.02. The topological polar surface area (TPSA) is 49.4 Å². The second-order valence-corrected chi connectivity index (χ2v) is 6.57. The third-order valence-corrected chi connectivity index (χ3v) is 4.54. The van der Waals surface area contributed by atoms with E-state index >= 15 is 0 Å². The third kappa shape index (κ3) is 3.32. The molecule has 120 valence electrons. The summed E-state index contributed by atoms with van der Waals surface area (Å²) in [7, 11) is 0. The van der Waals surface area contributed by atoms with Gasteiger partial charge in [0.1, 0.15) is 0 Å². The Labute approximate surface area is 132 Å². The number of piperidine rings is 1. The van der Waals surface area contributed by atoms with Crippen molar-refractivity contribution in [2.45, 2.75) is 66.0 Å². The standard InChI is InChI=1S/C18H26N2O2/c1-11-9-12(2)16(13(3)10-11)19-17(21)18(22)20-14(4)7-6-8-15(20)5/h9-10,14-15H,6-8H2,1-5H3,(H,19,21). The molecule has 2 amide bonds. The van der Waals surface area contributed by atoms with Gasteiger partial charge in [0.2, 0.25) is 0 Å². The Morgan fingerprint density at radius 1 is 1.05 bits per heavy atom. The number of benzene rings is 1. The predicted octanol–water partition coefficient (Wildman–Crippen LogP) is 3.34. The summed E-state index contributed by atoms with van der Waals surface area (Å²) in [6.45, 7) is 9.96. The molecule has 0 aromatic heterocycles. The normalized spacial score (nSPS) is 21.6.